The van der Waals surface area contributed by atoms with Gasteiger partial charge in [-0.3, -0.25) is 9.59 Å². The lowest BCUT2D eigenvalue weighted by molar-refractivity contribution is -0.885. The van der Waals surface area contributed by atoms with Crippen LogP contribution in [0.1, 0.15) is 5.01 Å². The minimum absolute atomic E-state index is 0.00946. The first kappa shape index (κ1) is 20.8. The number of fused-ring (bicyclic) bond motifs is 1. The number of hydrogen-bond acceptors (Lipinski definition) is 5. The Bertz CT molecular complexity index is 971. The summed E-state index contributed by atoms with van der Waals surface area (Å²) in [6.07, 6.45) is 0. The van der Waals surface area contributed by atoms with Crippen molar-refractivity contribution in [2.45, 2.75) is 6.54 Å². The second kappa shape index (κ2) is 9.49. The number of nitrogens with zero attached hydrogens (tertiary/aromatic N) is 2. The van der Waals surface area contributed by atoms with Crippen molar-refractivity contribution in [3.63, 3.8) is 0 Å². The molecular weight excluding hydrogens is 388 g/mol. The number of nitrogens with one attached hydrogen (secondary N) is 2. The first-order valence-corrected chi connectivity index (χ1v) is 10.1. The van der Waals surface area contributed by atoms with Crippen LogP contribution in [0.5, 0.6) is 5.75 Å². The molecule has 152 valence electrons. The summed E-state index contributed by atoms with van der Waals surface area (Å²) in [6.45, 7) is 0.943. The lowest BCUT2D eigenvalue weighted by Gasteiger charge is -2.19. The van der Waals surface area contributed by atoms with E-state index < -0.39 is 0 Å². The summed E-state index contributed by atoms with van der Waals surface area (Å²) in [5.74, 6) is 0.314. The molecule has 0 aliphatic rings. The van der Waals surface area contributed by atoms with Crippen LogP contribution in [0, 0.1) is 0 Å². The first-order valence-electron chi connectivity index (χ1n) is 9.28. The van der Waals surface area contributed by atoms with Gasteiger partial charge in [-0.2, -0.15) is 0 Å². The third kappa shape index (κ3) is 5.75. The number of aromatic nitrogens is 1. The number of hydrogen-bond donors (Lipinski definition) is 2. The van der Waals surface area contributed by atoms with Crippen LogP contribution >= 0.6 is 11.3 Å². The molecule has 1 heterocycles. The second-order valence-corrected chi connectivity index (χ2v) is 8.03. The maximum atomic E-state index is 12.5. The van der Waals surface area contributed by atoms with Crippen LogP contribution in [0.3, 0.4) is 0 Å². The number of rotatable bonds is 8. The Labute approximate surface area is 173 Å². The molecule has 29 heavy (non-hydrogen) atoms. The van der Waals surface area contributed by atoms with Crippen molar-refractivity contribution in [2.75, 3.05) is 39.6 Å². The van der Waals surface area contributed by atoms with Crippen LogP contribution in [-0.4, -0.2) is 56.0 Å². The molecule has 2 amide bonds. The number of benzene rings is 2. The molecule has 8 heteroatoms. The molecule has 3 rings (SSSR count). The van der Waals surface area contributed by atoms with E-state index in [9.17, 15) is 9.59 Å². The number of quaternary nitrogens is 1. The van der Waals surface area contributed by atoms with Gasteiger partial charge in [0.1, 0.15) is 17.3 Å². The van der Waals surface area contributed by atoms with Gasteiger partial charge in [0.25, 0.3) is 5.91 Å². The standard InChI is InChI=1S/C21H24N4O3S/c1-24(13-20-23-17-9-4-5-10-18(17)29-20)14-21(27)25(2)12-19(26)22-15-7-6-8-16(11-15)28-3/h4-11H,12-14H2,1-3H3,(H,22,26)/p+1. The number of carbonyl (C=O) groups excluding carboxylic acids is 2. The molecule has 7 nitrogen and oxygen atoms in total. The summed E-state index contributed by atoms with van der Waals surface area (Å²) >= 11 is 1.64. The first-order chi connectivity index (χ1) is 13.9. The molecule has 0 fully saturated rings. The Balaban J connectivity index is 1.49. The van der Waals surface area contributed by atoms with Gasteiger partial charge in [0.2, 0.25) is 5.91 Å². The third-order valence-electron chi connectivity index (χ3n) is 4.40. The number of thiazole rings is 1. The molecule has 0 aliphatic carbocycles. The minimum Gasteiger partial charge on any atom is -0.497 e. The normalized spacial score (nSPS) is 11.8. The summed E-state index contributed by atoms with van der Waals surface area (Å²) in [7, 11) is 5.16. The van der Waals surface area contributed by atoms with Crippen molar-refractivity contribution in [1.82, 2.24) is 9.88 Å². The fourth-order valence-corrected chi connectivity index (χ4v) is 4.00. The molecule has 0 saturated carbocycles. The minimum atomic E-state index is -0.252. The van der Waals surface area contributed by atoms with Crippen molar-refractivity contribution in [2.24, 2.45) is 0 Å². The Morgan fingerprint density at radius 2 is 2.00 bits per heavy atom. The van der Waals surface area contributed by atoms with Crippen molar-refractivity contribution in [3.05, 3.63) is 53.5 Å². The van der Waals surface area contributed by atoms with E-state index in [1.807, 2.05) is 31.3 Å². The highest BCUT2D eigenvalue weighted by Gasteiger charge is 2.18. The Morgan fingerprint density at radius 1 is 1.21 bits per heavy atom. The number of para-hydroxylation sites is 1. The molecule has 2 aromatic carbocycles. The average molecular weight is 414 g/mol. The summed E-state index contributed by atoms with van der Waals surface area (Å²) in [5, 5.41) is 3.78. The Morgan fingerprint density at radius 3 is 2.76 bits per heavy atom. The maximum absolute atomic E-state index is 12.5. The lowest BCUT2D eigenvalue weighted by atomic mass is 10.3. The molecule has 0 bridgehead atoms. The number of anilines is 1. The smallest absolute Gasteiger partial charge is 0.277 e. The number of methoxy groups -OCH3 is 1. The van der Waals surface area contributed by atoms with Crippen LogP contribution in [0.25, 0.3) is 10.2 Å². The summed E-state index contributed by atoms with van der Waals surface area (Å²) in [6, 6.07) is 15.1. The Hall–Kier alpha value is -2.97. The SMILES string of the molecule is COc1cccc(NC(=O)CN(C)C(=O)C[NH+](C)Cc2nc3ccccc3s2)c1. The predicted octanol–water partition coefficient (Wildman–Crippen LogP) is 1.42. The second-order valence-electron chi connectivity index (χ2n) is 6.92. The maximum Gasteiger partial charge on any atom is 0.277 e. The Kier molecular flexibility index (Phi) is 6.79. The van der Waals surface area contributed by atoms with Crippen molar-refractivity contribution in [1.29, 1.82) is 0 Å². The molecule has 0 saturated heterocycles. The zero-order valence-electron chi connectivity index (χ0n) is 16.8. The van der Waals surface area contributed by atoms with Gasteiger partial charge in [-0.25, -0.2) is 4.98 Å². The van der Waals surface area contributed by atoms with Gasteiger partial charge in [-0.15, -0.1) is 11.3 Å². The zero-order valence-corrected chi connectivity index (χ0v) is 17.6. The molecule has 0 radical (unpaired) electrons. The van der Waals surface area contributed by atoms with Crippen LogP contribution in [0.2, 0.25) is 0 Å². The van der Waals surface area contributed by atoms with E-state index in [1.165, 1.54) is 4.90 Å². The van der Waals surface area contributed by atoms with Crippen LogP contribution in [0.15, 0.2) is 48.5 Å². The zero-order chi connectivity index (χ0) is 20.8. The number of amides is 2. The van der Waals surface area contributed by atoms with E-state index in [2.05, 4.69) is 10.3 Å². The van der Waals surface area contributed by atoms with Crippen molar-refractivity contribution in [3.8, 4) is 5.75 Å². The summed E-state index contributed by atoms with van der Waals surface area (Å²) in [4.78, 5) is 31.8. The highest BCUT2D eigenvalue weighted by Crippen LogP contribution is 2.20. The highest BCUT2D eigenvalue weighted by molar-refractivity contribution is 7.18. The van der Waals surface area contributed by atoms with E-state index in [0.717, 1.165) is 20.1 Å². The third-order valence-corrected chi connectivity index (χ3v) is 5.44. The van der Waals surface area contributed by atoms with E-state index in [1.54, 1.807) is 49.8 Å². The molecule has 1 atom stereocenters. The number of ether oxygens (including phenoxy) is 1. The molecule has 1 aromatic heterocycles. The van der Waals surface area contributed by atoms with Crippen molar-refractivity contribution < 1.29 is 19.2 Å². The van der Waals surface area contributed by atoms with E-state index in [4.69, 9.17) is 4.74 Å². The molecule has 0 aliphatic heterocycles. The van der Waals surface area contributed by atoms with Gasteiger partial charge in [0.15, 0.2) is 6.54 Å². The number of carbonyl (C=O) groups is 2. The van der Waals surface area contributed by atoms with Crippen LogP contribution in [-0.2, 0) is 16.1 Å². The fourth-order valence-electron chi connectivity index (χ4n) is 2.91. The van der Waals surface area contributed by atoms with Crippen molar-refractivity contribution >= 4 is 39.1 Å². The molecular formula is C21H25N4O3S+. The summed E-state index contributed by atoms with van der Waals surface area (Å²) in [5.41, 5.74) is 1.62. The van der Waals surface area contributed by atoms with Crippen LogP contribution < -0.4 is 15.0 Å². The average Bonchev–Trinajstić information content (AvgIpc) is 3.09. The van der Waals surface area contributed by atoms with E-state index in [0.29, 0.717) is 24.5 Å². The van der Waals surface area contributed by atoms with Gasteiger partial charge in [-0.05, 0) is 24.3 Å². The lowest BCUT2D eigenvalue weighted by Crippen LogP contribution is -3.08. The molecule has 2 N–H and O–H groups in total. The summed E-state index contributed by atoms with van der Waals surface area (Å²) < 4.78 is 6.29. The van der Waals surface area contributed by atoms with Crippen LogP contribution in [0.4, 0.5) is 5.69 Å². The molecule has 1 unspecified atom stereocenters. The van der Waals surface area contributed by atoms with E-state index >= 15 is 0 Å². The van der Waals surface area contributed by atoms with Gasteiger partial charge in [-0.1, -0.05) is 18.2 Å². The predicted molar refractivity (Wildman–Crippen MR) is 114 cm³/mol. The molecule has 3 aromatic rings. The largest absolute Gasteiger partial charge is 0.497 e. The monoisotopic (exact) mass is 413 g/mol. The van der Waals surface area contributed by atoms with Gasteiger partial charge in [0, 0.05) is 18.8 Å². The van der Waals surface area contributed by atoms with Gasteiger partial charge in [0.05, 0.1) is 30.9 Å². The molecule has 0 spiro atoms. The number of likely N-dealkylation sites (N-methyl/N-ethyl adjacent to an activating group) is 2. The van der Waals surface area contributed by atoms with Gasteiger partial charge < -0.3 is 19.9 Å². The highest BCUT2D eigenvalue weighted by atomic mass is 32.1. The van der Waals surface area contributed by atoms with E-state index in [-0.39, 0.29) is 18.4 Å². The fraction of sp³-hybridized carbons (Fsp3) is 0.286. The quantitative estimate of drug-likeness (QED) is 0.586. The topological polar surface area (TPSA) is 76.0 Å². The van der Waals surface area contributed by atoms with Gasteiger partial charge >= 0.3 is 0 Å².